The molecule has 0 N–H and O–H groups in total. The number of isothiocyanates is 2. The number of aliphatic imine (C=N–C) groups is 1. The third-order valence-electron chi connectivity index (χ3n) is 1.59. The molecule has 1 rings (SSSR count). The molecule has 20 heavy (non-hydrogen) atoms. The Morgan fingerprint density at radius 3 is 2.25 bits per heavy atom. The smallest absolute Gasteiger partial charge is 0.753 e. The molecule has 0 aliphatic rings. The summed E-state index contributed by atoms with van der Waals surface area (Å²) in [6.45, 7) is 1.80. The Bertz CT molecular complexity index is 399. The van der Waals surface area contributed by atoms with Gasteiger partial charge in [0.15, 0.2) is 0 Å². The molecule has 0 atom stereocenters. The largest absolute Gasteiger partial charge is 2.00 e. The minimum Gasteiger partial charge on any atom is -0.753 e. The van der Waals surface area contributed by atoms with Gasteiger partial charge in [0.1, 0.15) is 0 Å². The van der Waals surface area contributed by atoms with Gasteiger partial charge < -0.3 is 15.7 Å². The predicted molar refractivity (Wildman–Crippen MR) is 87.2 cm³/mol. The first-order valence-corrected chi connectivity index (χ1v) is 6.02. The predicted octanol–water partition coefficient (Wildman–Crippen LogP) is 2.38. The van der Waals surface area contributed by atoms with E-state index in [1.54, 1.807) is 6.20 Å². The van der Waals surface area contributed by atoms with Crippen LogP contribution in [0.3, 0.4) is 0 Å². The Morgan fingerprint density at radius 2 is 1.85 bits per heavy atom. The van der Waals surface area contributed by atoms with Gasteiger partial charge in [-0.25, -0.2) is 0 Å². The second-order valence-corrected chi connectivity index (χ2v) is 3.64. The van der Waals surface area contributed by atoms with Crippen molar-refractivity contribution in [2.24, 2.45) is 4.99 Å². The first-order valence-electron chi connectivity index (χ1n) is 5.20. The molecular weight excluding hydrogens is 342 g/mol. The van der Waals surface area contributed by atoms with Crippen molar-refractivity contribution in [2.45, 2.75) is 0 Å². The van der Waals surface area contributed by atoms with E-state index in [9.17, 15) is 0 Å². The third-order valence-corrected chi connectivity index (χ3v) is 1.59. The fourth-order valence-corrected chi connectivity index (χ4v) is 0.868. The maximum atomic E-state index is 7.13. The van der Waals surface area contributed by atoms with Gasteiger partial charge in [0.25, 0.3) is 0 Å². The van der Waals surface area contributed by atoms with E-state index in [1.165, 1.54) is 10.3 Å². The Kier molecular flexibility index (Phi) is 24.2. The van der Waals surface area contributed by atoms with Gasteiger partial charge in [0, 0.05) is 19.0 Å². The third kappa shape index (κ3) is 22.1. The minimum atomic E-state index is 0. The average molecular weight is 357 g/mol. The molecule has 5 nitrogen and oxygen atoms in total. The molecule has 0 aromatic carbocycles. The zero-order chi connectivity index (χ0) is 14.9. The van der Waals surface area contributed by atoms with E-state index in [1.807, 2.05) is 38.5 Å². The van der Waals surface area contributed by atoms with Crippen LogP contribution in [-0.2, 0) is 17.1 Å². The van der Waals surface area contributed by atoms with Gasteiger partial charge in [0.2, 0.25) is 0 Å². The van der Waals surface area contributed by atoms with Crippen molar-refractivity contribution < 1.29 is 17.1 Å². The van der Waals surface area contributed by atoms with Crippen molar-refractivity contribution in [3.63, 3.8) is 0 Å². The molecule has 111 valence electrons. The van der Waals surface area contributed by atoms with Crippen molar-refractivity contribution >= 4 is 41.0 Å². The van der Waals surface area contributed by atoms with E-state index in [4.69, 9.17) is 10.8 Å². The summed E-state index contributed by atoms with van der Waals surface area (Å²) in [5.41, 5.74) is 0.918. The van der Waals surface area contributed by atoms with E-state index in [0.29, 0.717) is 0 Å². The van der Waals surface area contributed by atoms with Crippen molar-refractivity contribution in [1.82, 2.24) is 9.88 Å². The van der Waals surface area contributed by atoms with Crippen molar-refractivity contribution in [3.05, 3.63) is 40.9 Å². The maximum absolute atomic E-state index is 7.13. The molecule has 1 radical (unpaired) electrons. The SMILES string of the molecule is CN(C)CCN=Cc1ccccn1.[Cu+2].[N-]=C=S.[N-]=C=S. The fourth-order valence-electron chi connectivity index (χ4n) is 0.868. The molecule has 0 spiro atoms. The molecular formula is C12H15CuN5S2. The van der Waals surface area contributed by atoms with E-state index in [0.717, 1.165) is 18.8 Å². The van der Waals surface area contributed by atoms with E-state index >= 15 is 0 Å². The molecule has 8 heteroatoms. The summed E-state index contributed by atoms with van der Waals surface area (Å²) >= 11 is 7.40. The summed E-state index contributed by atoms with van der Waals surface area (Å²) in [5, 5.41) is 16.9. The summed E-state index contributed by atoms with van der Waals surface area (Å²) in [7, 11) is 4.08. The van der Waals surface area contributed by atoms with Gasteiger partial charge in [-0.1, -0.05) is 30.5 Å². The number of nitrogens with zero attached hydrogens (tertiary/aromatic N) is 5. The number of rotatable bonds is 4. The number of likely N-dealkylation sites (N-methyl/N-ethyl adjacent to an activating group) is 1. The van der Waals surface area contributed by atoms with Gasteiger partial charge in [0.05, 0.1) is 12.2 Å². The molecule has 0 saturated carbocycles. The van der Waals surface area contributed by atoms with Gasteiger partial charge in [-0.15, -0.1) is 0 Å². The van der Waals surface area contributed by atoms with E-state index in [2.05, 4.69) is 39.3 Å². The second kappa shape index (κ2) is 20.2. The van der Waals surface area contributed by atoms with Gasteiger partial charge in [-0.05, 0) is 26.2 Å². The fraction of sp³-hybridized carbons (Fsp3) is 0.333. The Labute approximate surface area is 141 Å². The van der Waals surface area contributed by atoms with Crippen LogP contribution in [0, 0.1) is 0 Å². The molecule has 1 aromatic heterocycles. The molecule has 0 aliphatic heterocycles. The van der Waals surface area contributed by atoms with Crippen LogP contribution in [0.4, 0.5) is 0 Å². The first-order chi connectivity index (χ1) is 9.12. The minimum absolute atomic E-state index is 0. The van der Waals surface area contributed by atoms with Crippen LogP contribution < -0.4 is 0 Å². The molecule has 0 fully saturated rings. The maximum Gasteiger partial charge on any atom is 2.00 e. The number of hydrogen-bond donors (Lipinski definition) is 0. The molecule has 0 bridgehead atoms. The Morgan fingerprint density at radius 1 is 1.30 bits per heavy atom. The van der Waals surface area contributed by atoms with Gasteiger partial charge >= 0.3 is 17.1 Å². The molecule has 0 aliphatic carbocycles. The standard InChI is InChI=1S/C10H15N3.2CNS.Cu/c1-13(2)8-7-11-9-10-5-3-4-6-12-10;2*2-1-3;/h3-6,9H,7-8H2,1-2H3;;;/q;2*-1;+2. The van der Waals surface area contributed by atoms with Gasteiger partial charge in [-0.3, -0.25) is 9.98 Å². The van der Waals surface area contributed by atoms with Crippen LogP contribution in [0.5, 0.6) is 0 Å². The molecule has 1 heterocycles. The topological polar surface area (TPSA) is 73.1 Å². The van der Waals surface area contributed by atoms with Crippen molar-refractivity contribution in [1.29, 1.82) is 0 Å². The van der Waals surface area contributed by atoms with Gasteiger partial charge in [-0.2, -0.15) is 10.3 Å². The number of hydrogen-bond acceptors (Lipinski definition) is 5. The zero-order valence-corrected chi connectivity index (χ0v) is 13.7. The summed E-state index contributed by atoms with van der Waals surface area (Å²) in [5.74, 6) is 0. The van der Waals surface area contributed by atoms with Crippen molar-refractivity contribution in [3.8, 4) is 0 Å². The molecule has 0 amide bonds. The van der Waals surface area contributed by atoms with Crippen LogP contribution in [-0.4, -0.2) is 53.6 Å². The average Bonchev–Trinajstić information content (AvgIpc) is 2.38. The van der Waals surface area contributed by atoms with Crippen LogP contribution in [0.15, 0.2) is 29.4 Å². The quantitative estimate of drug-likeness (QED) is 0.471. The van der Waals surface area contributed by atoms with Crippen LogP contribution in [0.1, 0.15) is 5.69 Å². The van der Waals surface area contributed by atoms with E-state index < -0.39 is 0 Å². The zero-order valence-electron chi connectivity index (χ0n) is 11.2. The van der Waals surface area contributed by atoms with Crippen LogP contribution in [0.25, 0.3) is 10.8 Å². The number of aromatic nitrogens is 1. The summed E-state index contributed by atoms with van der Waals surface area (Å²) in [4.78, 5) is 10.5. The van der Waals surface area contributed by atoms with Crippen molar-refractivity contribution in [2.75, 3.05) is 27.2 Å². The summed E-state index contributed by atoms with van der Waals surface area (Å²) in [6.07, 6.45) is 3.58. The normalized spacial score (nSPS) is 8.15. The first kappa shape index (κ1) is 24.0. The molecule has 1 aromatic rings. The summed E-state index contributed by atoms with van der Waals surface area (Å²) in [6, 6.07) is 5.80. The monoisotopic (exact) mass is 356 g/mol. The van der Waals surface area contributed by atoms with Crippen LogP contribution in [0.2, 0.25) is 0 Å². The number of thiocarbonyl (C=S) groups is 2. The summed E-state index contributed by atoms with van der Waals surface area (Å²) < 4.78 is 0. The Hall–Kier alpha value is -1.10. The second-order valence-electron chi connectivity index (χ2n) is 3.28. The van der Waals surface area contributed by atoms with Crippen LogP contribution >= 0.6 is 24.4 Å². The Balaban J connectivity index is -0.000000356. The van der Waals surface area contributed by atoms with E-state index in [-0.39, 0.29) is 17.1 Å². The molecule has 0 unspecified atom stereocenters. The molecule has 0 saturated heterocycles. The number of pyridine rings is 1.